The lowest BCUT2D eigenvalue weighted by atomic mass is 9.97. The van der Waals surface area contributed by atoms with E-state index in [2.05, 4.69) is 48.5 Å². The standard InChI is InChI=1S/C26H54O3/c1-8-9-10-17-20-23(28-25(2,3)4)24(29-26(5,6)7)21-18-15-13-11-12-14-16-19-22-27/h23-24,27H,8-22H2,1-7H3. The van der Waals surface area contributed by atoms with Crippen molar-refractivity contribution in [2.75, 3.05) is 6.61 Å². The van der Waals surface area contributed by atoms with Crippen LogP contribution in [0.15, 0.2) is 0 Å². The van der Waals surface area contributed by atoms with E-state index in [0.29, 0.717) is 6.61 Å². The minimum absolute atomic E-state index is 0.135. The zero-order chi connectivity index (χ0) is 22.2. The third-order valence-electron chi connectivity index (χ3n) is 5.16. The molecule has 0 saturated heterocycles. The predicted octanol–water partition coefficient (Wildman–Crippen LogP) is 7.83. The summed E-state index contributed by atoms with van der Waals surface area (Å²) in [4.78, 5) is 0. The van der Waals surface area contributed by atoms with Gasteiger partial charge in [0.2, 0.25) is 0 Å². The Balaban J connectivity index is 4.57. The molecule has 0 radical (unpaired) electrons. The van der Waals surface area contributed by atoms with Crippen molar-refractivity contribution in [3.05, 3.63) is 0 Å². The van der Waals surface area contributed by atoms with Crippen LogP contribution in [0, 0.1) is 0 Å². The first-order valence-electron chi connectivity index (χ1n) is 12.6. The molecule has 0 aliphatic rings. The Bertz CT molecular complexity index is 354. The maximum atomic E-state index is 8.85. The van der Waals surface area contributed by atoms with Crippen molar-refractivity contribution in [2.24, 2.45) is 0 Å². The van der Waals surface area contributed by atoms with E-state index in [9.17, 15) is 0 Å². The van der Waals surface area contributed by atoms with Crippen LogP contribution in [0.2, 0.25) is 0 Å². The van der Waals surface area contributed by atoms with Crippen molar-refractivity contribution < 1.29 is 14.6 Å². The molecule has 3 nitrogen and oxygen atoms in total. The topological polar surface area (TPSA) is 38.7 Å². The maximum Gasteiger partial charge on any atom is 0.0844 e. The molecule has 0 heterocycles. The monoisotopic (exact) mass is 414 g/mol. The number of rotatable bonds is 18. The molecule has 3 heteroatoms. The van der Waals surface area contributed by atoms with Crippen molar-refractivity contribution in [3.63, 3.8) is 0 Å². The Morgan fingerprint density at radius 2 is 0.897 bits per heavy atom. The summed E-state index contributed by atoms with van der Waals surface area (Å²) in [6.45, 7) is 15.6. The number of aliphatic hydroxyl groups excluding tert-OH is 1. The van der Waals surface area contributed by atoms with E-state index in [1.807, 2.05) is 0 Å². The highest BCUT2D eigenvalue weighted by Gasteiger charge is 2.30. The first kappa shape index (κ1) is 28.9. The lowest BCUT2D eigenvalue weighted by Gasteiger charge is -2.37. The van der Waals surface area contributed by atoms with Crippen LogP contribution in [-0.4, -0.2) is 35.1 Å². The van der Waals surface area contributed by atoms with Gasteiger partial charge < -0.3 is 14.6 Å². The molecule has 0 amide bonds. The maximum absolute atomic E-state index is 8.85. The summed E-state index contributed by atoms with van der Waals surface area (Å²) in [6.07, 6.45) is 17.5. The Morgan fingerprint density at radius 3 is 1.24 bits per heavy atom. The van der Waals surface area contributed by atoms with Gasteiger partial charge in [-0.25, -0.2) is 0 Å². The van der Waals surface area contributed by atoms with Gasteiger partial charge in [0.25, 0.3) is 0 Å². The zero-order valence-corrected chi connectivity index (χ0v) is 21.0. The van der Waals surface area contributed by atoms with Crippen LogP contribution < -0.4 is 0 Å². The molecule has 0 rings (SSSR count). The van der Waals surface area contributed by atoms with E-state index in [1.165, 1.54) is 70.6 Å². The van der Waals surface area contributed by atoms with Crippen molar-refractivity contribution >= 4 is 0 Å². The number of ether oxygens (including phenoxy) is 2. The van der Waals surface area contributed by atoms with E-state index < -0.39 is 0 Å². The fraction of sp³-hybridized carbons (Fsp3) is 1.00. The second kappa shape index (κ2) is 16.6. The Hall–Kier alpha value is -0.120. The third-order valence-corrected chi connectivity index (χ3v) is 5.16. The minimum atomic E-state index is -0.139. The van der Waals surface area contributed by atoms with Gasteiger partial charge in [0.1, 0.15) is 0 Å². The molecule has 0 fully saturated rings. The molecule has 0 aromatic carbocycles. The van der Waals surface area contributed by atoms with Crippen LogP contribution >= 0.6 is 0 Å². The van der Waals surface area contributed by atoms with Crippen LogP contribution in [0.1, 0.15) is 138 Å². The highest BCUT2D eigenvalue weighted by atomic mass is 16.6. The van der Waals surface area contributed by atoms with Crippen LogP contribution in [0.5, 0.6) is 0 Å². The van der Waals surface area contributed by atoms with Crippen LogP contribution in [0.3, 0.4) is 0 Å². The molecule has 0 bridgehead atoms. The molecular formula is C26H54O3. The van der Waals surface area contributed by atoms with E-state index in [1.54, 1.807) is 0 Å². The van der Waals surface area contributed by atoms with Gasteiger partial charge in [-0.05, 0) is 60.8 Å². The van der Waals surface area contributed by atoms with Gasteiger partial charge in [-0.15, -0.1) is 0 Å². The van der Waals surface area contributed by atoms with Crippen LogP contribution in [-0.2, 0) is 9.47 Å². The normalized spacial score (nSPS) is 14.9. The summed E-state index contributed by atoms with van der Waals surface area (Å²) >= 11 is 0. The molecule has 0 aliphatic carbocycles. The number of hydrogen-bond acceptors (Lipinski definition) is 3. The summed E-state index contributed by atoms with van der Waals surface area (Å²) in [6, 6.07) is 0. The fourth-order valence-electron chi connectivity index (χ4n) is 3.84. The second-order valence-electron chi connectivity index (χ2n) is 10.7. The Kier molecular flexibility index (Phi) is 16.5. The molecule has 0 saturated carbocycles. The number of hydrogen-bond donors (Lipinski definition) is 1. The van der Waals surface area contributed by atoms with E-state index >= 15 is 0 Å². The molecular weight excluding hydrogens is 360 g/mol. The van der Waals surface area contributed by atoms with E-state index in [0.717, 1.165) is 19.3 Å². The third kappa shape index (κ3) is 19.6. The van der Waals surface area contributed by atoms with Crippen molar-refractivity contribution in [3.8, 4) is 0 Å². The summed E-state index contributed by atoms with van der Waals surface area (Å²) < 4.78 is 13.0. The number of unbranched alkanes of at least 4 members (excludes halogenated alkanes) is 10. The lowest BCUT2D eigenvalue weighted by molar-refractivity contribution is -0.167. The minimum Gasteiger partial charge on any atom is -0.396 e. The smallest absolute Gasteiger partial charge is 0.0844 e. The predicted molar refractivity (Wildman–Crippen MR) is 127 cm³/mol. The summed E-state index contributed by atoms with van der Waals surface area (Å²) in [5.74, 6) is 0. The lowest BCUT2D eigenvalue weighted by Crippen LogP contribution is -2.41. The average molecular weight is 415 g/mol. The molecule has 0 aromatic rings. The summed E-state index contributed by atoms with van der Waals surface area (Å²) in [5, 5.41) is 8.85. The van der Waals surface area contributed by atoms with Crippen LogP contribution in [0.4, 0.5) is 0 Å². The largest absolute Gasteiger partial charge is 0.396 e. The van der Waals surface area contributed by atoms with Gasteiger partial charge in [-0.3, -0.25) is 0 Å². The van der Waals surface area contributed by atoms with Gasteiger partial charge in [-0.2, -0.15) is 0 Å². The zero-order valence-electron chi connectivity index (χ0n) is 21.0. The Morgan fingerprint density at radius 1 is 0.552 bits per heavy atom. The fourth-order valence-corrected chi connectivity index (χ4v) is 3.84. The molecule has 2 unspecified atom stereocenters. The summed E-state index contributed by atoms with van der Waals surface area (Å²) in [5.41, 5.74) is -0.274. The molecule has 176 valence electrons. The molecule has 2 atom stereocenters. The van der Waals surface area contributed by atoms with Crippen molar-refractivity contribution in [1.82, 2.24) is 0 Å². The van der Waals surface area contributed by atoms with Crippen molar-refractivity contribution in [1.29, 1.82) is 0 Å². The van der Waals surface area contributed by atoms with Crippen LogP contribution in [0.25, 0.3) is 0 Å². The van der Waals surface area contributed by atoms with Gasteiger partial charge in [0.15, 0.2) is 0 Å². The highest BCUT2D eigenvalue weighted by Crippen LogP contribution is 2.27. The quantitative estimate of drug-likeness (QED) is 0.232. The van der Waals surface area contributed by atoms with Gasteiger partial charge in [-0.1, -0.05) is 77.6 Å². The highest BCUT2D eigenvalue weighted by molar-refractivity contribution is 4.78. The molecule has 0 aromatic heterocycles. The SMILES string of the molecule is CCCCCCC(OC(C)(C)C)C(CCCCCCCCCCO)OC(C)(C)C. The van der Waals surface area contributed by atoms with E-state index in [-0.39, 0.29) is 23.4 Å². The summed E-state index contributed by atoms with van der Waals surface area (Å²) in [7, 11) is 0. The van der Waals surface area contributed by atoms with Crippen molar-refractivity contribution in [2.45, 2.75) is 162 Å². The van der Waals surface area contributed by atoms with E-state index in [4.69, 9.17) is 14.6 Å². The first-order valence-corrected chi connectivity index (χ1v) is 12.6. The van der Waals surface area contributed by atoms with Gasteiger partial charge >= 0.3 is 0 Å². The Labute approximate surface area is 183 Å². The molecule has 0 spiro atoms. The molecule has 29 heavy (non-hydrogen) atoms. The second-order valence-corrected chi connectivity index (χ2v) is 10.7. The number of aliphatic hydroxyl groups is 1. The van der Waals surface area contributed by atoms with Gasteiger partial charge in [0, 0.05) is 6.61 Å². The molecule has 0 aliphatic heterocycles. The molecule has 1 N–H and O–H groups in total. The van der Waals surface area contributed by atoms with Gasteiger partial charge in [0.05, 0.1) is 23.4 Å². The average Bonchev–Trinajstić information content (AvgIpc) is 2.60. The first-order chi connectivity index (χ1) is 13.6.